The number of nitrogens with zero attached hydrogens (tertiary/aromatic N) is 3. The number of benzene rings is 3. The van der Waals surface area contributed by atoms with Gasteiger partial charge in [0.2, 0.25) is 5.95 Å². The van der Waals surface area contributed by atoms with E-state index in [1.54, 1.807) is 0 Å². The summed E-state index contributed by atoms with van der Waals surface area (Å²) in [5.74, 6) is 1.60. The summed E-state index contributed by atoms with van der Waals surface area (Å²) in [6, 6.07) is 23.8. The summed E-state index contributed by atoms with van der Waals surface area (Å²) in [6.45, 7) is 1.92. The molecular formula is C24H18BrN5O. The molecule has 0 aliphatic rings. The molecule has 152 valence electrons. The van der Waals surface area contributed by atoms with Crippen molar-refractivity contribution in [2.75, 3.05) is 11.1 Å². The number of halogens is 1. The highest BCUT2D eigenvalue weighted by atomic mass is 79.9. The minimum absolute atomic E-state index is 0.212. The number of hydrogen-bond donors (Lipinski definition) is 2. The van der Waals surface area contributed by atoms with Crippen molar-refractivity contribution in [1.82, 2.24) is 15.1 Å². The lowest BCUT2D eigenvalue weighted by Gasteiger charge is -2.11. The minimum atomic E-state index is 0.212. The van der Waals surface area contributed by atoms with Crippen molar-refractivity contribution >= 4 is 44.3 Å². The normalized spacial score (nSPS) is 11.0. The van der Waals surface area contributed by atoms with Gasteiger partial charge in [-0.05, 0) is 42.8 Å². The fraction of sp³-hybridized carbons (Fsp3) is 0.0417. The molecule has 31 heavy (non-hydrogen) atoms. The molecule has 2 heterocycles. The molecule has 0 amide bonds. The Morgan fingerprint density at radius 1 is 0.903 bits per heavy atom. The van der Waals surface area contributed by atoms with Crippen molar-refractivity contribution in [3.8, 4) is 22.4 Å². The van der Waals surface area contributed by atoms with Gasteiger partial charge in [0, 0.05) is 21.1 Å². The lowest BCUT2D eigenvalue weighted by Crippen LogP contribution is -2.01. The van der Waals surface area contributed by atoms with Crippen LogP contribution in [0.4, 0.5) is 17.5 Å². The van der Waals surface area contributed by atoms with Gasteiger partial charge in [-0.3, -0.25) is 0 Å². The Balaban J connectivity index is 1.66. The molecule has 0 spiro atoms. The van der Waals surface area contributed by atoms with Gasteiger partial charge in [0.15, 0.2) is 0 Å². The Hall–Kier alpha value is -3.71. The van der Waals surface area contributed by atoms with Crippen LogP contribution in [0, 0.1) is 6.92 Å². The third kappa shape index (κ3) is 3.75. The van der Waals surface area contributed by atoms with Crippen LogP contribution >= 0.6 is 15.9 Å². The van der Waals surface area contributed by atoms with Crippen LogP contribution in [0.3, 0.4) is 0 Å². The van der Waals surface area contributed by atoms with Crippen LogP contribution in [-0.4, -0.2) is 15.1 Å². The Kier molecular flexibility index (Phi) is 4.88. The average molecular weight is 472 g/mol. The number of nitrogen functional groups attached to an aromatic ring is 1. The third-order valence-electron chi connectivity index (χ3n) is 5.00. The molecule has 0 aliphatic carbocycles. The van der Waals surface area contributed by atoms with Crippen molar-refractivity contribution in [3.05, 3.63) is 83.0 Å². The molecule has 3 aromatic carbocycles. The topological polar surface area (TPSA) is 89.9 Å². The third-order valence-corrected chi connectivity index (χ3v) is 5.49. The van der Waals surface area contributed by atoms with E-state index in [9.17, 15) is 0 Å². The highest BCUT2D eigenvalue weighted by molar-refractivity contribution is 9.10. The van der Waals surface area contributed by atoms with E-state index in [2.05, 4.69) is 36.4 Å². The van der Waals surface area contributed by atoms with E-state index in [0.717, 1.165) is 49.2 Å². The highest BCUT2D eigenvalue weighted by Crippen LogP contribution is 2.37. The largest absolute Gasteiger partial charge is 0.368 e. The smallest absolute Gasteiger partial charge is 0.222 e. The molecular weight excluding hydrogens is 454 g/mol. The number of aromatic nitrogens is 3. The number of aryl methyl sites for hydroxylation is 1. The zero-order chi connectivity index (χ0) is 21.4. The molecule has 0 saturated heterocycles. The molecule has 5 aromatic rings. The van der Waals surface area contributed by atoms with E-state index < -0.39 is 0 Å². The molecule has 5 rings (SSSR count). The Bertz CT molecular complexity index is 1400. The summed E-state index contributed by atoms with van der Waals surface area (Å²) in [6.07, 6.45) is 0. The first-order valence-corrected chi connectivity index (χ1v) is 10.5. The number of rotatable bonds is 4. The zero-order valence-electron chi connectivity index (χ0n) is 16.6. The lowest BCUT2D eigenvalue weighted by molar-refractivity contribution is 0.400. The van der Waals surface area contributed by atoms with Gasteiger partial charge >= 0.3 is 0 Å². The van der Waals surface area contributed by atoms with Crippen molar-refractivity contribution in [2.45, 2.75) is 6.92 Å². The molecule has 0 unspecified atom stereocenters. The summed E-state index contributed by atoms with van der Waals surface area (Å²) >= 11 is 3.50. The SMILES string of the molecule is Cc1onc(-c2ccccc2)c1-c1ccc2nc(N)nc(Nc3cccc(Br)c3)c2c1. The quantitative estimate of drug-likeness (QED) is 0.317. The fourth-order valence-corrected chi connectivity index (χ4v) is 4.00. The van der Waals surface area contributed by atoms with Crippen LogP contribution in [0.25, 0.3) is 33.3 Å². The molecule has 0 saturated carbocycles. The molecule has 0 atom stereocenters. The van der Waals surface area contributed by atoms with Gasteiger partial charge in [0.1, 0.15) is 17.3 Å². The van der Waals surface area contributed by atoms with Gasteiger partial charge in [-0.15, -0.1) is 0 Å². The van der Waals surface area contributed by atoms with Gasteiger partial charge in [-0.25, -0.2) is 4.98 Å². The molecule has 0 bridgehead atoms. The number of nitrogens with one attached hydrogen (secondary N) is 1. The number of hydrogen-bond acceptors (Lipinski definition) is 6. The number of nitrogens with two attached hydrogens (primary N) is 1. The maximum atomic E-state index is 5.97. The predicted molar refractivity (Wildman–Crippen MR) is 127 cm³/mol. The van der Waals surface area contributed by atoms with Gasteiger partial charge in [-0.2, -0.15) is 4.98 Å². The van der Waals surface area contributed by atoms with Gasteiger partial charge in [0.05, 0.1) is 11.1 Å². The van der Waals surface area contributed by atoms with Crippen molar-refractivity contribution in [1.29, 1.82) is 0 Å². The van der Waals surface area contributed by atoms with E-state index >= 15 is 0 Å². The van der Waals surface area contributed by atoms with Crippen LogP contribution in [0.15, 0.2) is 81.8 Å². The van der Waals surface area contributed by atoms with Crippen molar-refractivity contribution in [3.63, 3.8) is 0 Å². The van der Waals surface area contributed by atoms with E-state index in [0.29, 0.717) is 5.82 Å². The number of fused-ring (bicyclic) bond motifs is 1. The maximum Gasteiger partial charge on any atom is 0.222 e. The van der Waals surface area contributed by atoms with Gasteiger partial charge in [-0.1, -0.05) is 63.6 Å². The van der Waals surface area contributed by atoms with Gasteiger partial charge < -0.3 is 15.6 Å². The molecule has 7 heteroatoms. The first-order chi connectivity index (χ1) is 15.1. The second kappa shape index (κ2) is 7.85. The first-order valence-electron chi connectivity index (χ1n) is 9.70. The van der Waals surface area contributed by atoms with E-state index in [-0.39, 0.29) is 5.95 Å². The Morgan fingerprint density at radius 3 is 2.55 bits per heavy atom. The first kappa shape index (κ1) is 19.3. The second-order valence-corrected chi connectivity index (χ2v) is 8.04. The average Bonchev–Trinajstić information content (AvgIpc) is 3.15. The Morgan fingerprint density at radius 2 is 1.74 bits per heavy atom. The van der Waals surface area contributed by atoms with Crippen LogP contribution < -0.4 is 11.1 Å². The maximum absolute atomic E-state index is 5.97. The van der Waals surface area contributed by atoms with E-state index in [1.807, 2.05) is 79.7 Å². The van der Waals surface area contributed by atoms with Crippen molar-refractivity contribution < 1.29 is 4.52 Å². The molecule has 0 radical (unpaired) electrons. The minimum Gasteiger partial charge on any atom is -0.368 e. The van der Waals surface area contributed by atoms with Crippen LogP contribution in [0.2, 0.25) is 0 Å². The lowest BCUT2D eigenvalue weighted by atomic mass is 9.98. The van der Waals surface area contributed by atoms with E-state index in [1.165, 1.54) is 0 Å². The van der Waals surface area contributed by atoms with Gasteiger partial charge in [0.25, 0.3) is 0 Å². The molecule has 0 aliphatic heterocycles. The molecule has 3 N–H and O–H groups in total. The number of anilines is 3. The van der Waals surface area contributed by atoms with Crippen LogP contribution in [0.5, 0.6) is 0 Å². The summed E-state index contributed by atoms with van der Waals surface area (Å²) in [5, 5.41) is 8.52. The Labute approximate surface area is 187 Å². The van der Waals surface area contributed by atoms with Crippen molar-refractivity contribution in [2.24, 2.45) is 0 Å². The summed E-state index contributed by atoms with van der Waals surface area (Å²) in [7, 11) is 0. The van der Waals surface area contributed by atoms with Crippen LogP contribution in [0.1, 0.15) is 5.76 Å². The second-order valence-electron chi connectivity index (χ2n) is 7.13. The zero-order valence-corrected chi connectivity index (χ0v) is 18.2. The summed E-state index contributed by atoms with van der Waals surface area (Å²) < 4.78 is 6.52. The van der Waals surface area contributed by atoms with Crippen LogP contribution in [-0.2, 0) is 0 Å². The fourth-order valence-electron chi connectivity index (χ4n) is 3.61. The molecule has 0 fully saturated rings. The molecule has 2 aromatic heterocycles. The summed E-state index contributed by atoms with van der Waals surface area (Å²) in [5.41, 5.74) is 11.3. The standard InChI is InChI=1S/C24H18BrN5O/c1-14-21(22(30-31-14)15-6-3-2-4-7-15)16-10-11-20-19(12-16)23(29-24(26)28-20)27-18-9-5-8-17(25)13-18/h2-13H,1H3,(H3,26,27,28,29). The molecule has 6 nitrogen and oxygen atoms in total. The predicted octanol–water partition coefficient (Wildman–Crippen LogP) is 6.35. The monoisotopic (exact) mass is 471 g/mol. The highest BCUT2D eigenvalue weighted by Gasteiger charge is 2.18. The van der Waals surface area contributed by atoms with E-state index in [4.69, 9.17) is 10.3 Å². The summed E-state index contributed by atoms with van der Waals surface area (Å²) in [4.78, 5) is 8.85.